The summed E-state index contributed by atoms with van der Waals surface area (Å²) in [6, 6.07) is 6.54. The topological polar surface area (TPSA) is 33.4 Å². The molecule has 17 heavy (non-hydrogen) atoms. The van der Waals surface area contributed by atoms with Crippen LogP contribution in [-0.2, 0) is 5.60 Å². The molecule has 1 atom stereocenters. The predicted molar refractivity (Wildman–Crippen MR) is 63.1 cm³/mol. The smallest absolute Gasteiger partial charge is 0.170 e. The monoisotopic (exact) mass is 234 g/mol. The quantitative estimate of drug-likeness (QED) is 0.880. The lowest BCUT2D eigenvalue weighted by Gasteiger charge is -2.20. The summed E-state index contributed by atoms with van der Waals surface area (Å²) in [7, 11) is 0. The van der Waals surface area contributed by atoms with Gasteiger partial charge in [0.25, 0.3) is 0 Å². The molecule has 90 valence electrons. The Morgan fingerprint density at radius 1 is 1.47 bits per heavy atom. The van der Waals surface area contributed by atoms with Crippen LogP contribution in [0, 0.1) is 11.7 Å². The number of aliphatic hydroxyl groups is 1. The van der Waals surface area contributed by atoms with Gasteiger partial charge in [0.05, 0.1) is 0 Å². The Hall–Kier alpha value is -1.35. The molecule has 1 saturated carbocycles. The Morgan fingerprint density at radius 2 is 2.24 bits per heavy atom. The first-order valence-electron chi connectivity index (χ1n) is 5.97. The van der Waals surface area contributed by atoms with E-state index in [2.05, 4.69) is 0 Å². The summed E-state index contributed by atoms with van der Waals surface area (Å²) >= 11 is 0. The number of fused-ring (bicyclic) bond motifs is 1. The molecule has 3 rings (SSSR count). The van der Waals surface area contributed by atoms with Gasteiger partial charge in [-0.25, -0.2) is 4.39 Å². The Morgan fingerprint density at radius 3 is 2.88 bits per heavy atom. The zero-order valence-electron chi connectivity index (χ0n) is 9.74. The third-order valence-corrected chi connectivity index (χ3v) is 3.41. The van der Waals surface area contributed by atoms with Crippen molar-refractivity contribution in [2.45, 2.75) is 31.8 Å². The fraction of sp³-hybridized carbons (Fsp3) is 0.429. The molecule has 1 heterocycles. The summed E-state index contributed by atoms with van der Waals surface area (Å²) in [6.07, 6.45) is 3.03. The van der Waals surface area contributed by atoms with Crippen LogP contribution in [-0.4, -0.2) is 5.11 Å². The first-order valence-corrected chi connectivity index (χ1v) is 5.97. The molecule has 1 aromatic carbocycles. The van der Waals surface area contributed by atoms with Gasteiger partial charge in [0.2, 0.25) is 0 Å². The van der Waals surface area contributed by atoms with E-state index in [1.165, 1.54) is 18.9 Å². The van der Waals surface area contributed by atoms with Crippen LogP contribution in [0.2, 0.25) is 0 Å². The number of para-hydroxylation sites is 1. The van der Waals surface area contributed by atoms with Crippen LogP contribution in [0.3, 0.4) is 0 Å². The summed E-state index contributed by atoms with van der Waals surface area (Å²) in [6.45, 7) is 1.74. The lowest BCUT2D eigenvalue weighted by Crippen LogP contribution is -2.20. The van der Waals surface area contributed by atoms with Gasteiger partial charge in [-0.05, 0) is 31.4 Å². The molecule has 2 nitrogen and oxygen atoms in total. The van der Waals surface area contributed by atoms with Crippen LogP contribution in [0.4, 0.5) is 4.39 Å². The van der Waals surface area contributed by atoms with E-state index in [-0.39, 0.29) is 11.4 Å². The van der Waals surface area contributed by atoms with E-state index >= 15 is 0 Å². The number of furan rings is 1. The van der Waals surface area contributed by atoms with Crippen molar-refractivity contribution in [1.29, 1.82) is 0 Å². The normalized spacial score (nSPS) is 19.5. The maximum Gasteiger partial charge on any atom is 0.170 e. The van der Waals surface area contributed by atoms with Gasteiger partial charge in [-0.1, -0.05) is 25.0 Å². The van der Waals surface area contributed by atoms with E-state index in [0.717, 1.165) is 0 Å². The minimum Gasteiger partial charge on any atom is -0.455 e. The lowest BCUT2D eigenvalue weighted by molar-refractivity contribution is 0.0211. The zero-order chi connectivity index (χ0) is 12.0. The number of rotatable bonds is 3. The lowest BCUT2D eigenvalue weighted by atomic mass is 9.96. The second-order valence-electron chi connectivity index (χ2n) is 5.19. The summed E-state index contributed by atoms with van der Waals surface area (Å²) < 4.78 is 19.0. The maximum atomic E-state index is 13.5. The molecule has 1 aliphatic carbocycles. The molecule has 3 heteroatoms. The molecule has 1 fully saturated rings. The fourth-order valence-electron chi connectivity index (χ4n) is 2.28. The van der Waals surface area contributed by atoms with Gasteiger partial charge >= 0.3 is 0 Å². The Bertz CT molecular complexity index is 552. The van der Waals surface area contributed by atoms with Crippen molar-refractivity contribution < 1.29 is 13.9 Å². The Labute approximate surface area is 99.1 Å². The molecule has 0 aliphatic heterocycles. The highest BCUT2D eigenvalue weighted by Gasteiger charge is 2.35. The predicted octanol–water partition coefficient (Wildman–Crippen LogP) is 3.58. The van der Waals surface area contributed by atoms with Crippen LogP contribution in [0.25, 0.3) is 11.0 Å². The highest BCUT2D eigenvalue weighted by Crippen LogP contribution is 2.41. The maximum absolute atomic E-state index is 13.5. The molecular formula is C14H15FO2. The molecule has 1 unspecified atom stereocenters. The second kappa shape index (κ2) is 3.57. The van der Waals surface area contributed by atoms with Crippen molar-refractivity contribution >= 4 is 11.0 Å². The molecule has 0 bridgehead atoms. The van der Waals surface area contributed by atoms with E-state index in [0.29, 0.717) is 23.5 Å². The van der Waals surface area contributed by atoms with Crippen LogP contribution in [0.5, 0.6) is 0 Å². The second-order valence-corrected chi connectivity index (χ2v) is 5.19. The van der Waals surface area contributed by atoms with E-state index in [1.54, 1.807) is 25.1 Å². The highest BCUT2D eigenvalue weighted by molar-refractivity contribution is 5.78. The number of halogens is 1. The SMILES string of the molecule is CC(O)(CC1CC1)c1cc2cccc(F)c2o1. The van der Waals surface area contributed by atoms with Gasteiger partial charge in [0, 0.05) is 5.39 Å². The minimum atomic E-state index is -0.993. The molecular weight excluding hydrogens is 219 g/mol. The summed E-state index contributed by atoms with van der Waals surface area (Å²) in [5, 5.41) is 11.1. The fourth-order valence-corrected chi connectivity index (χ4v) is 2.28. The van der Waals surface area contributed by atoms with Crippen LogP contribution in [0.1, 0.15) is 31.9 Å². The summed E-state index contributed by atoms with van der Waals surface area (Å²) in [5.41, 5.74) is -0.759. The van der Waals surface area contributed by atoms with Gasteiger partial charge in [-0.3, -0.25) is 0 Å². The number of hydrogen-bond donors (Lipinski definition) is 1. The zero-order valence-corrected chi connectivity index (χ0v) is 9.74. The molecule has 1 N–H and O–H groups in total. The van der Waals surface area contributed by atoms with E-state index < -0.39 is 5.60 Å². The number of hydrogen-bond acceptors (Lipinski definition) is 2. The van der Waals surface area contributed by atoms with Crippen molar-refractivity contribution in [3.63, 3.8) is 0 Å². The van der Waals surface area contributed by atoms with Gasteiger partial charge in [0.1, 0.15) is 11.4 Å². The van der Waals surface area contributed by atoms with Crippen LogP contribution >= 0.6 is 0 Å². The molecule has 0 saturated heterocycles. The molecule has 1 aliphatic rings. The van der Waals surface area contributed by atoms with Crippen LogP contribution < -0.4 is 0 Å². The van der Waals surface area contributed by atoms with Gasteiger partial charge in [0.15, 0.2) is 11.4 Å². The summed E-state index contributed by atoms with van der Waals surface area (Å²) in [4.78, 5) is 0. The average molecular weight is 234 g/mol. The van der Waals surface area contributed by atoms with E-state index in [1.807, 2.05) is 0 Å². The average Bonchev–Trinajstić information content (AvgIpc) is 2.94. The third kappa shape index (κ3) is 1.95. The first kappa shape index (κ1) is 10.8. The van der Waals surface area contributed by atoms with Crippen molar-refractivity contribution in [1.82, 2.24) is 0 Å². The van der Waals surface area contributed by atoms with Crippen molar-refractivity contribution in [3.8, 4) is 0 Å². The molecule has 0 spiro atoms. The largest absolute Gasteiger partial charge is 0.455 e. The van der Waals surface area contributed by atoms with Crippen molar-refractivity contribution in [2.24, 2.45) is 5.92 Å². The first-order chi connectivity index (χ1) is 8.06. The van der Waals surface area contributed by atoms with Crippen LogP contribution in [0.15, 0.2) is 28.7 Å². The van der Waals surface area contributed by atoms with E-state index in [9.17, 15) is 9.50 Å². The van der Waals surface area contributed by atoms with Gasteiger partial charge < -0.3 is 9.52 Å². The Balaban J connectivity index is 2.01. The Kier molecular flexibility index (Phi) is 2.26. The molecule has 1 aromatic heterocycles. The summed E-state index contributed by atoms with van der Waals surface area (Å²) in [5.74, 6) is 0.670. The van der Waals surface area contributed by atoms with Gasteiger partial charge in [-0.15, -0.1) is 0 Å². The molecule has 0 radical (unpaired) electrons. The third-order valence-electron chi connectivity index (χ3n) is 3.41. The minimum absolute atomic E-state index is 0.235. The molecule has 2 aromatic rings. The number of benzene rings is 1. The van der Waals surface area contributed by atoms with Gasteiger partial charge in [-0.2, -0.15) is 0 Å². The standard InChI is InChI=1S/C14H15FO2/c1-14(16,8-9-5-6-9)12-7-10-3-2-4-11(15)13(10)17-12/h2-4,7,9,16H,5-6,8H2,1H3. The highest BCUT2D eigenvalue weighted by atomic mass is 19.1. The van der Waals surface area contributed by atoms with Crippen molar-refractivity contribution in [3.05, 3.63) is 35.8 Å². The molecule has 0 amide bonds. The van der Waals surface area contributed by atoms with E-state index in [4.69, 9.17) is 4.42 Å². The van der Waals surface area contributed by atoms with Crippen molar-refractivity contribution in [2.75, 3.05) is 0 Å².